The zero-order valence-electron chi connectivity index (χ0n) is 12.2. The third kappa shape index (κ3) is 3.84. The molecule has 20 heavy (non-hydrogen) atoms. The summed E-state index contributed by atoms with van der Waals surface area (Å²) in [6.45, 7) is 2.13. The first-order chi connectivity index (χ1) is 9.72. The molecule has 0 spiro atoms. The van der Waals surface area contributed by atoms with Crippen LogP contribution in [0.3, 0.4) is 0 Å². The molecular formula is C16H24O4. The molecule has 0 heterocycles. The van der Waals surface area contributed by atoms with Crippen molar-refractivity contribution in [3.63, 3.8) is 0 Å². The highest BCUT2D eigenvalue weighted by Gasteiger charge is 2.37. The van der Waals surface area contributed by atoms with Crippen molar-refractivity contribution < 1.29 is 19.1 Å². The Balaban J connectivity index is 1.94. The lowest BCUT2D eigenvalue weighted by molar-refractivity contribution is -0.165. The molecule has 0 bridgehead atoms. The monoisotopic (exact) mass is 280 g/mol. The molecule has 2 rings (SSSR count). The van der Waals surface area contributed by atoms with Gasteiger partial charge in [-0.2, -0.15) is 0 Å². The van der Waals surface area contributed by atoms with Gasteiger partial charge in [0.05, 0.1) is 18.4 Å². The Kier molecular flexibility index (Phi) is 5.62. The van der Waals surface area contributed by atoms with E-state index in [4.69, 9.17) is 9.47 Å². The first kappa shape index (κ1) is 15.1. The van der Waals surface area contributed by atoms with Crippen LogP contribution in [0.4, 0.5) is 0 Å². The molecule has 1 saturated carbocycles. The highest BCUT2D eigenvalue weighted by atomic mass is 16.5. The van der Waals surface area contributed by atoms with E-state index >= 15 is 0 Å². The molecule has 4 heteroatoms. The van der Waals surface area contributed by atoms with Crippen LogP contribution in [-0.4, -0.2) is 24.6 Å². The van der Waals surface area contributed by atoms with Crippen LogP contribution < -0.4 is 0 Å². The van der Waals surface area contributed by atoms with Gasteiger partial charge in [0.2, 0.25) is 0 Å². The number of allylic oxidation sites excluding steroid dienone is 2. The van der Waals surface area contributed by atoms with Crippen LogP contribution in [0, 0.1) is 11.8 Å². The van der Waals surface area contributed by atoms with Gasteiger partial charge in [-0.1, -0.05) is 18.6 Å². The molecular weight excluding hydrogens is 256 g/mol. The smallest absolute Gasteiger partial charge is 0.310 e. The van der Waals surface area contributed by atoms with Gasteiger partial charge in [0.25, 0.3) is 0 Å². The number of rotatable bonds is 4. The maximum Gasteiger partial charge on any atom is 0.310 e. The third-order valence-electron chi connectivity index (χ3n) is 4.16. The number of carbonyl (C=O) groups excluding carboxylic acids is 2. The van der Waals surface area contributed by atoms with Gasteiger partial charge < -0.3 is 9.47 Å². The SMILES string of the molecule is CCOC(=O)C1CC=CCC1C(=O)OC1CCCCC1. The van der Waals surface area contributed by atoms with E-state index in [2.05, 4.69) is 0 Å². The van der Waals surface area contributed by atoms with E-state index in [9.17, 15) is 9.59 Å². The molecule has 0 aliphatic heterocycles. The highest BCUT2D eigenvalue weighted by molar-refractivity contribution is 5.82. The fourth-order valence-electron chi connectivity index (χ4n) is 3.02. The zero-order valence-corrected chi connectivity index (χ0v) is 12.2. The summed E-state index contributed by atoms with van der Waals surface area (Å²) >= 11 is 0. The normalized spacial score (nSPS) is 27.1. The molecule has 2 atom stereocenters. The average molecular weight is 280 g/mol. The molecule has 0 N–H and O–H groups in total. The second-order valence-corrected chi connectivity index (χ2v) is 5.60. The summed E-state index contributed by atoms with van der Waals surface area (Å²) in [5, 5.41) is 0. The van der Waals surface area contributed by atoms with E-state index < -0.39 is 0 Å². The lowest BCUT2D eigenvalue weighted by atomic mass is 9.83. The van der Waals surface area contributed by atoms with Gasteiger partial charge in [-0.3, -0.25) is 9.59 Å². The summed E-state index contributed by atoms with van der Waals surface area (Å²) in [6, 6.07) is 0. The fraction of sp³-hybridized carbons (Fsp3) is 0.750. The van der Waals surface area contributed by atoms with Gasteiger partial charge in [0.15, 0.2) is 0 Å². The second-order valence-electron chi connectivity index (χ2n) is 5.60. The molecule has 112 valence electrons. The van der Waals surface area contributed by atoms with Crippen molar-refractivity contribution in [2.24, 2.45) is 11.8 Å². The van der Waals surface area contributed by atoms with Crippen molar-refractivity contribution >= 4 is 11.9 Å². The van der Waals surface area contributed by atoms with E-state index in [1.54, 1.807) is 6.92 Å². The molecule has 4 nitrogen and oxygen atoms in total. The molecule has 2 aliphatic rings. The summed E-state index contributed by atoms with van der Waals surface area (Å²) in [7, 11) is 0. The Labute approximate surface area is 120 Å². The molecule has 0 aromatic rings. The molecule has 0 saturated heterocycles. The van der Waals surface area contributed by atoms with E-state index in [1.165, 1.54) is 6.42 Å². The Morgan fingerprint density at radius 1 is 1.00 bits per heavy atom. The van der Waals surface area contributed by atoms with Crippen molar-refractivity contribution in [1.82, 2.24) is 0 Å². The predicted octanol–water partition coefficient (Wildman–Crippen LogP) is 3.01. The van der Waals surface area contributed by atoms with Crippen molar-refractivity contribution in [2.45, 2.75) is 58.0 Å². The molecule has 0 aromatic heterocycles. The molecule has 1 fully saturated rings. The minimum atomic E-state index is -0.379. The molecule has 2 unspecified atom stereocenters. The zero-order chi connectivity index (χ0) is 14.4. The van der Waals surface area contributed by atoms with Crippen molar-refractivity contribution in [2.75, 3.05) is 6.61 Å². The van der Waals surface area contributed by atoms with Gasteiger partial charge in [-0.25, -0.2) is 0 Å². The second kappa shape index (κ2) is 7.46. The summed E-state index contributed by atoms with van der Waals surface area (Å²) in [6.07, 6.45) is 10.5. The van der Waals surface area contributed by atoms with Crippen LogP contribution in [-0.2, 0) is 19.1 Å². The molecule has 2 aliphatic carbocycles. The Bertz CT molecular complexity index is 369. The van der Waals surface area contributed by atoms with Gasteiger partial charge in [-0.15, -0.1) is 0 Å². The first-order valence-corrected chi connectivity index (χ1v) is 7.74. The van der Waals surface area contributed by atoms with E-state index in [0.717, 1.165) is 25.7 Å². The van der Waals surface area contributed by atoms with Gasteiger partial charge in [-0.05, 0) is 45.4 Å². The quantitative estimate of drug-likeness (QED) is 0.587. The van der Waals surface area contributed by atoms with Crippen LogP contribution in [0.15, 0.2) is 12.2 Å². The number of carbonyl (C=O) groups is 2. The van der Waals surface area contributed by atoms with Gasteiger partial charge in [0, 0.05) is 0 Å². The topological polar surface area (TPSA) is 52.6 Å². The summed E-state index contributed by atoms with van der Waals surface area (Å²) in [5.74, 6) is -1.25. The minimum absolute atomic E-state index is 0.0463. The van der Waals surface area contributed by atoms with E-state index in [-0.39, 0.29) is 29.9 Å². The standard InChI is InChI=1S/C16H24O4/c1-2-19-15(17)13-10-6-7-11-14(13)16(18)20-12-8-4-3-5-9-12/h6-7,12-14H,2-5,8-11H2,1H3. The van der Waals surface area contributed by atoms with Crippen molar-refractivity contribution in [3.05, 3.63) is 12.2 Å². The largest absolute Gasteiger partial charge is 0.466 e. The lowest BCUT2D eigenvalue weighted by Gasteiger charge is -2.28. The number of esters is 2. The highest BCUT2D eigenvalue weighted by Crippen LogP contribution is 2.30. The first-order valence-electron chi connectivity index (χ1n) is 7.74. The van der Waals surface area contributed by atoms with Crippen LogP contribution >= 0.6 is 0 Å². The van der Waals surface area contributed by atoms with Crippen LogP contribution in [0.25, 0.3) is 0 Å². The summed E-state index contributed by atoms with van der Waals surface area (Å²) in [5.41, 5.74) is 0. The van der Waals surface area contributed by atoms with Crippen LogP contribution in [0.2, 0.25) is 0 Å². The van der Waals surface area contributed by atoms with Crippen LogP contribution in [0.1, 0.15) is 51.9 Å². The maximum atomic E-state index is 12.3. The van der Waals surface area contributed by atoms with Gasteiger partial charge >= 0.3 is 11.9 Å². The third-order valence-corrected chi connectivity index (χ3v) is 4.16. The number of hydrogen-bond donors (Lipinski definition) is 0. The number of hydrogen-bond acceptors (Lipinski definition) is 4. The molecule has 0 radical (unpaired) electrons. The molecule has 0 amide bonds. The summed E-state index contributed by atoms with van der Waals surface area (Å²) < 4.78 is 10.7. The Morgan fingerprint density at radius 3 is 2.20 bits per heavy atom. The lowest BCUT2D eigenvalue weighted by Crippen LogP contribution is -2.35. The predicted molar refractivity (Wildman–Crippen MR) is 75.0 cm³/mol. The minimum Gasteiger partial charge on any atom is -0.466 e. The summed E-state index contributed by atoms with van der Waals surface area (Å²) in [4.78, 5) is 24.3. The van der Waals surface area contributed by atoms with Crippen LogP contribution in [0.5, 0.6) is 0 Å². The Morgan fingerprint density at radius 2 is 1.60 bits per heavy atom. The van der Waals surface area contributed by atoms with E-state index in [0.29, 0.717) is 19.4 Å². The fourth-order valence-corrected chi connectivity index (χ4v) is 3.02. The molecule has 0 aromatic carbocycles. The van der Waals surface area contributed by atoms with Gasteiger partial charge in [0.1, 0.15) is 6.10 Å². The van der Waals surface area contributed by atoms with Crippen molar-refractivity contribution in [1.29, 1.82) is 0 Å². The van der Waals surface area contributed by atoms with E-state index in [1.807, 2.05) is 12.2 Å². The Hall–Kier alpha value is -1.32. The number of ether oxygens (including phenoxy) is 2. The maximum absolute atomic E-state index is 12.3. The average Bonchev–Trinajstić information content (AvgIpc) is 2.48. The van der Waals surface area contributed by atoms with Crippen molar-refractivity contribution in [3.8, 4) is 0 Å².